The van der Waals surface area contributed by atoms with E-state index < -0.39 is 5.60 Å². The van der Waals surface area contributed by atoms with Crippen molar-refractivity contribution in [3.8, 4) is 5.75 Å². The van der Waals surface area contributed by atoms with E-state index >= 15 is 0 Å². The van der Waals surface area contributed by atoms with Crippen LogP contribution >= 0.6 is 24.8 Å². The van der Waals surface area contributed by atoms with Gasteiger partial charge in [0.25, 0.3) is 0 Å². The number of likely N-dealkylation sites (N-methyl/N-ethyl adjacent to an activating group) is 1. The Morgan fingerprint density at radius 1 is 1.00 bits per heavy atom. The monoisotopic (exact) mass is 494 g/mol. The van der Waals surface area contributed by atoms with Crippen LogP contribution in [-0.2, 0) is 6.61 Å². The Labute approximate surface area is 212 Å². The Bertz CT molecular complexity index is 811. The Kier molecular flexibility index (Phi) is 11.0. The summed E-state index contributed by atoms with van der Waals surface area (Å²) in [6.07, 6.45) is 6.54. The van der Waals surface area contributed by atoms with Gasteiger partial charge in [-0.15, -0.1) is 24.8 Å². The highest BCUT2D eigenvalue weighted by Crippen LogP contribution is 2.41. The second-order valence-electron chi connectivity index (χ2n) is 9.73. The van der Waals surface area contributed by atoms with Crippen LogP contribution in [0.2, 0.25) is 0 Å². The maximum Gasteiger partial charge on any atom is 0.119 e. The SMILES string of the molecule is CN(C)[C@@H]1CCN(CC(c2ccc(OCc3ccccc3)cc2)C2(O)CCCCC2)C1.Cl.Cl. The van der Waals surface area contributed by atoms with Gasteiger partial charge in [0.05, 0.1) is 5.60 Å². The number of rotatable bonds is 8. The molecular formula is C27H40Cl2N2O2. The minimum atomic E-state index is -0.596. The van der Waals surface area contributed by atoms with Gasteiger partial charge < -0.3 is 19.6 Å². The molecule has 0 aromatic heterocycles. The Balaban J connectivity index is 0.00000193. The van der Waals surface area contributed by atoms with Crippen LogP contribution in [0.5, 0.6) is 5.75 Å². The Hall–Kier alpha value is -1.30. The van der Waals surface area contributed by atoms with E-state index in [4.69, 9.17) is 4.74 Å². The summed E-state index contributed by atoms with van der Waals surface area (Å²) in [5.41, 5.74) is 1.82. The van der Waals surface area contributed by atoms with E-state index in [1.165, 1.54) is 24.0 Å². The number of halogens is 2. The van der Waals surface area contributed by atoms with Gasteiger partial charge >= 0.3 is 0 Å². The predicted octanol–water partition coefficient (Wildman–Crippen LogP) is 5.52. The predicted molar refractivity (Wildman–Crippen MR) is 141 cm³/mol. The van der Waals surface area contributed by atoms with Gasteiger partial charge in [-0.05, 0) is 63.2 Å². The number of ether oxygens (including phenoxy) is 1. The molecule has 0 amide bonds. The first-order chi connectivity index (χ1) is 15.0. The van der Waals surface area contributed by atoms with Crippen molar-refractivity contribution in [2.75, 3.05) is 33.7 Å². The lowest BCUT2D eigenvalue weighted by molar-refractivity contribution is -0.0297. The first-order valence-corrected chi connectivity index (χ1v) is 11.9. The van der Waals surface area contributed by atoms with Crippen LogP contribution in [0.3, 0.4) is 0 Å². The van der Waals surface area contributed by atoms with Crippen molar-refractivity contribution in [1.29, 1.82) is 0 Å². The fraction of sp³-hybridized carbons (Fsp3) is 0.556. The van der Waals surface area contributed by atoms with Crippen molar-refractivity contribution in [1.82, 2.24) is 9.80 Å². The lowest BCUT2D eigenvalue weighted by Gasteiger charge is -2.41. The molecule has 1 heterocycles. The van der Waals surface area contributed by atoms with Crippen LogP contribution in [0.25, 0.3) is 0 Å². The van der Waals surface area contributed by atoms with Crippen LogP contribution in [0.15, 0.2) is 54.6 Å². The molecule has 0 radical (unpaired) electrons. The fourth-order valence-electron chi connectivity index (χ4n) is 5.29. The minimum absolute atomic E-state index is 0. The molecule has 1 unspecified atom stereocenters. The molecule has 33 heavy (non-hydrogen) atoms. The van der Waals surface area contributed by atoms with Gasteiger partial charge in [0, 0.05) is 25.0 Å². The summed E-state index contributed by atoms with van der Waals surface area (Å²) in [4.78, 5) is 4.89. The molecule has 1 N–H and O–H groups in total. The van der Waals surface area contributed by atoms with Crippen LogP contribution in [0, 0.1) is 0 Å². The summed E-state index contributed by atoms with van der Waals surface area (Å²) in [5.74, 6) is 1.03. The molecule has 1 saturated carbocycles. The largest absolute Gasteiger partial charge is 0.489 e. The van der Waals surface area contributed by atoms with Gasteiger partial charge in [-0.1, -0.05) is 61.7 Å². The van der Waals surface area contributed by atoms with Gasteiger partial charge in [0.1, 0.15) is 12.4 Å². The summed E-state index contributed by atoms with van der Waals surface area (Å²) < 4.78 is 5.99. The molecule has 2 atom stereocenters. The number of nitrogens with zero attached hydrogens (tertiary/aromatic N) is 2. The summed E-state index contributed by atoms with van der Waals surface area (Å²) >= 11 is 0. The van der Waals surface area contributed by atoms with Crippen molar-refractivity contribution < 1.29 is 9.84 Å². The van der Waals surface area contributed by atoms with E-state index in [2.05, 4.69) is 60.3 Å². The number of hydrogen-bond donors (Lipinski definition) is 1. The molecule has 1 aliphatic carbocycles. The molecule has 184 valence electrons. The molecule has 0 spiro atoms. The summed E-state index contributed by atoms with van der Waals surface area (Å²) in [5, 5.41) is 11.7. The molecule has 0 bridgehead atoms. The summed E-state index contributed by atoms with van der Waals surface area (Å²) in [6.45, 7) is 3.73. The van der Waals surface area contributed by atoms with Crippen molar-refractivity contribution in [2.45, 2.75) is 62.7 Å². The summed E-state index contributed by atoms with van der Waals surface area (Å²) in [7, 11) is 4.35. The maximum absolute atomic E-state index is 11.7. The zero-order valence-electron chi connectivity index (χ0n) is 20.0. The average molecular weight is 496 g/mol. The molecule has 2 fully saturated rings. The molecule has 4 nitrogen and oxygen atoms in total. The lowest BCUT2D eigenvalue weighted by atomic mass is 9.72. The molecule has 4 rings (SSSR count). The van der Waals surface area contributed by atoms with E-state index in [0.717, 1.165) is 51.1 Å². The second kappa shape index (κ2) is 13.0. The van der Waals surface area contributed by atoms with Gasteiger partial charge in [-0.25, -0.2) is 0 Å². The van der Waals surface area contributed by atoms with Crippen molar-refractivity contribution in [3.63, 3.8) is 0 Å². The second-order valence-corrected chi connectivity index (χ2v) is 9.73. The Morgan fingerprint density at radius 3 is 2.27 bits per heavy atom. The number of benzene rings is 2. The zero-order valence-corrected chi connectivity index (χ0v) is 21.6. The number of aliphatic hydroxyl groups is 1. The number of hydrogen-bond acceptors (Lipinski definition) is 4. The van der Waals surface area contributed by atoms with Crippen LogP contribution in [0.4, 0.5) is 0 Å². The zero-order chi connectivity index (χ0) is 21.7. The Morgan fingerprint density at radius 2 is 1.67 bits per heavy atom. The molecule has 1 aliphatic heterocycles. The third-order valence-corrected chi connectivity index (χ3v) is 7.32. The third kappa shape index (κ3) is 7.34. The van der Waals surface area contributed by atoms with Gasteiger partial charge in [0.2, 0.25) is 0 Å². The third-order valence-electron chi connectivity index (χ3n) is 7.32. The van der Waals surface area contributed by atoms with Crippen LogP contribution < -0.4 is 4.74 Å². The summed E-state index contributed by atoms with van der Waals surface area (Å²) in [6, 6.07) is 19.4. The molecular weight excluding hydrogens is 455 g/mol. The van der Waals surface area contributed by atoms with Gasteiger partial charge in [-0.3, -0.25) is 0 Å². The molecule has 2 aromatic rings. The normalized spacial score (nSPS) is 21.2. The quantitative estimate of drug-likeness (QED) is 0.523. The van der Waals surface area contributed by atoms with E-state index in [1.54, 1.807) is 0 Å². The van der Waals surface area contributed by atoms with Crippen LogP contribution in [0.1, 0.15) is 55.6 Å². The highest BCUT2D eigenvalue weighted by atomic mass is 35.5. The standard InChI is InChI=1S/C27H38N2O2.2ClH/c1-28(2)24-15-18-29(19-24)20-26(27(30)16-7-4-8-17-27)23-11-13-25(14-12-23)31-21-22-9-5-3-6-10-22;;/h3,5-6,9-14,24,26,30H,4,7-8,15-21H2,1-2H3;2*1H/t24-,26?;;/m1../s1. The highest BCUT2D eigenvalue weighted by Gasteiger charge is 2.40. The maximum atomic E-state index is 11.7. The fourth-order valence-corrected chi connectivity index (χ4v) is 5.29. The highest BCUT2D eigenvalue weighted by molar-refractivity contribution is 5.85. The molecule has 6 heteroatoms. The van der Waals surface area contributed by atoms with Crippen molar-refractivity contribution in [2.24, 2.45) is 0 Å². The van der Waals surface area contributed by atoms with E-state index in [1.807, 2.05) is 18.2 Å². The van der Waals surface area contributed by atoms with Crippen LogP contribution in [-0.4, -0.2) is 60.3 Å². The smallest absolute Gasteiger partial charge is 0.119 e. The lowest BCUT2D eigenvalue weighted by Crippen LogP contribution is -2.44. The van der Waals surface area contributed by atoms with Crippen molar-refractivity contribution in [3.05, 3.63) is 65.7 Å². The van der Waals surface area contributed by atoms with Gasteiger partial charge in [0.15, 0.2) is 0 Å². The average Bonchev–Trinajstić information content (AvgIpc) is 3.27. The van der Waals surface area contributed by atoms with E-state index in [0.29, 0.717) is 12.6 Å². The first kappa shape index (κ1) is 27.9. The van der Waals surface area contributed by atoms with Crippen molar-refractivity contribution >= 4 is 24.8 Å². The topological polar surface area (TPSA) is 35.9 Å². The minimum Gasteiger partial charge on any atom is -0.489 e. The molecule has 1 saturated heterocycles. The van der Waals surface area contributed by atoms with Gasteiger partial charge in [-0.2, -0.15) is 0 Å². The van der Waals surface area contributed by atoms with E-state index in [9.17, 15) is 5.11 Å². The molecule has 2 aromatic carbocycles. The molecule has 2 aliphatic rings. The first-order valence-electron chi connectivity index (χ1n) is 11.9. The van der Waals surface area contributed by atoms with E-state index in [-0.39, 0.29) is 30.7 Å². The number of likely N-dealkylation sites (tertiary alicyclic amines) is 1.